The quantitative estimate of drug-likeness (QED) is 0.905. The highest BCUT2D eigenvalue weighted by Crippen LogP contribution is 2.34. The highest BCUT2D eigenvalue weighted by Gasteiger charge is 2.21. The maximum absolute atomic E-state index is 6.03. The van der Waals surface area contributed by atoms with Gasteiger partial charge in [0.1, 0.15) is 18.1 Å². The van der Waals surface area contributed by atoms with Gasteiger partial charge in [0.2, 0.25) is 0 Å². The third kappa shape index (κ3) is 3.63. The SMILES string of the molecule is COc1ccc(OC[C@@H]2CCCN2)c(C(C)(C)C)c1. The molecule has 0 radical (unpaired) electrons. The van der Waals surface area contributed by atoms with Crippen molar-refractivity contribution < 1.29 is 9.47 Å². The zero-order chi connectivity index (χ0) is 13.9. The van der Waals surface area contributed by atoms with E-state index in [1.165, 1.54) is 18.4 Å². The van der Waals surface area contributed by atoms with E-state index < -0.39 is 0 Å². The minimum Gasteiger partial charge on any atom is -0.497 e. The Kier molecular flexibility index (Phi) is 4.35. The first-order chi connectivity index (χ1) is 9.00. The molecule has 1 saturated heterocycles. The molecule has 0 bridgehead atoms. The minimum absolute atomic E-state index is 0.0486. The van der Waals surface area contributed by atoms with Crippen molar-refractivity contribution in [2.45, 2.75) is 45.1 Å². The lowest BCUT2D eigenvalue weighted by Crippen LogP contribution is -2.28. The van der Waals surface area contributed by atoms with Crippen molar-refractivity contribution in [3.8, 4) is 11.5 Å². The summed E-state index contributed by atoms with van der Waals surface area (Å²) < 4.78 is 11.3. The molecule has 0 saturated carbocycles. The summed E-state index contributed by atoms with van der Waals surface area (Å²) in [6.07, 6.45) is 2.46. The normalized spacial score (nSPS) is 19.5. The molecule has 3 nitrogen and oxygen atoms in total. The third-order valence-electron chi connectivity index (χ3n) is 3.60. The summed E-state index contributed by atoms with van der Waals surface area (Å²) >= 11 is 0. The Morgan fingerprint density at radius 1 is 1.32 bits per heavy atom. The van der Waals surface area contributed by atoms with Crippen LogP contribution in [0.3, 0.4) is 0 Å². The minimum atomic E-state index is 0.0486. The zero-order valence-electron chi connectivity index (χ0n) is 12.5. The molecule has 19 heavy (non-hydrogen) atoms. The molecule has 1 N–H and O–H groups in total. The van der Waals surface area contributed by atoms with Gasteiger partial charge in [-0.05, 0) is 43.0 Å². The average molecular weight is 263 g/mol. The zero-order valence-corrected chi connectivity index (χ0v) is 12.5. The first kappa shape index (κ1) is 14.2. The van der Waals surface area contributed by atoms with Crippen molar-refractivity contribution >= 4 is 0 Å². The van der Waals surface area contributed by atoms with Gasteiger partial charge in [-0.25, -0.2) is 0 Å². The smallest absolute Gasteiger partial charge is 0.123 e. The molecule has 0 aliphatic carbocycles. The summed E-state index contributed by atoms with van der Waals surface area (Å²) in [5, 5.41) is 3.46. The maximum atomic E-state index is 6.03. The second kappa shape index (κ2) is 5.83. The lowest BCUT2D eigenvalue weighted by atomic mass is 9.86. The summed E-state index contributed by atoms with van der Waals surface area (Å²) in [5.41, 5.74) is 1.25. The molecule has 1 aromatic rings. The van der Waals surface area contributed by atoms with Crippen LogP contribution in [0.15, 0.2) is 18.2 Å². The van der Waals surface area contributed by atoms with Gasteiger partial charge in [-0.1, -0.05) is 20.8 Å². The van der Waals surface area contributed by atoms with E-state index in [9.17, 15) is 0 Å². The molecule has 1 fully saturated rings. The Hall–Kier alpha value is -1.22. The summed E-state index contributed by atoms with van der Waals surface area (Å²) in [6, 6.07) is 6.56. The lowest BCUT2D eigenvalue weighted by molar-refractivity contribution is 0.270. The predicted molar refractivity (Wildman–Crippen MR) is 78.2 cm³/mol. The molecule has 1 heterocycles. The van der Waals surface area contributed by atoms with Crippen LogP contribution in [0.25, 0.3) is 0 Å². The second-order valence-corrected chi connectivity index (χ2v) is 6.22. The van der Waals surface area contributed by atoms with Gasteiger partial charge in [0.15, 0.2) is 0 Å². The molecule has 1 aromatic carbocycles. The highest BCUT2D eigenvalue weighted by molar-refractivity contribution is 5.44. The van der Waals surface area contributed by atoms with Crippen LogP contribution in [0.5, 0.6) is 11.5 Å². The van der Waals surface area contributed by atoms with E-state index >= 15 is 0 Å². The van der Waals surface area contributed by atoms with E-state index in [4.69, 9.17) is 9.47 Å². The van der Waals surface area contributed by atoms with Crippen LogP contribution >= 0.6 is 0 Å². The largest absolute Gasteiger partial charge is 0.497 e. The number of benzene rings is 1. The summed E-state index contributed by atoms with van der Waals surface area (Å²) in [5.74, 6) is 1.86. The van der Waals surface area contributed by atoms with Gasteiger partial charge >= 0.3 is 0 Å². The first-order valence-corrected chi connectivity index (χ1v) is 7.05. The number of nitrogens with one attached hydrogen (secondary N) is 1. The average Bonchev–Trinajstić information content (AvgIpc) is 2.88. The van der Waals surface area contributed by atoms with Crippen LogP contribution < -0.4 is 14.8 Å². The van der Waals surface area contributed by atoms with Gasteiger partial charge in [-0.15, -0.1) is 0 Å². The fourth-order valence-corrected chi connectivity index (χ4v) is 2.44. The van der Waals surface area contributed by atoms with Gasteiger partial charge in [0.05, 0.1) is 7.11 Å². The van der Waals surface area contributed by atoms with Crippen molar-refractivity contribution in [3.63, 3.8) is 0 Å². The van der Waals surface area contributed by atoms with E-state index in [0.29, 0.717) is 6.04 Å². The molecule has 1 aliphatic rings. The van der Waals surface area contributed by atoms with Crippen LogP contribution in [0.1, 0.15) is 39.2 Å². The van der Waals surface area contributed by atoms with E-state index in [1.807, 2.05) is 12.1 Å². The number of hydrogen-bond acceptors (Lipinski definition) is 3. The number of rotatable bonds is 4. The Labute approximate surface area is 116 Å². The fourth-order valence-electron chi connectivity index (χ4n) is 2.44. The third-order valence-corrected chi connectivity index (χ3v) is 3.60. The van der Waals surface area contributed by atoms with Crippen LogP contribution in [0.2, 0.25) is 0 Å². The van der Waals surface area contributed by atoms with Crippen molar-refractivity contribution in [3.05, 3.63) is 23.8 Å². The molecule has 0 unspecified atom stereocenters. The van der Waals surface area contributed by atoms with Gasteiger partial charge in [-0.3, -0.25) is 0 Å². The molecule has 106 valence electrons. The maximum Gasteiger partial charge on any atom is 0.123 e. The van der Waals surface area contributed by atoms with Gasteiger partial charge in [0, 0.05) is 11.6 Å². The molecule has 2 rings (SSSR count). The molecule has 1 atom stereocenters. The molecular weight excluding hydrogens is 238 g/mol. The van der Waals surface area contributed by atoms with Gasteiger partial charge in [0.25, 0.3) is 0 Å². The Bertz CT molecular complexity index is 417. The van der Waals surface area contributed by atoms with Crippen LogP contribution in [-0.2, 0) is 5.41 Å². The van der Waals surface area contributed by atoms with Gasteiger partial charge in [-0.2, -0.15) is 0 Å². The van der Waals surface area contributed by atoms with Crippen molar-refractivity contribution in [2.24, 2.45) is 0 Å². The number of methoxy groups -OCH3 is 1. The topological polar surface area (TPSA) is 30.5 Å². The summed E-state index contributed by atoms with van der Waals surface area (Å²) in [7, 11) is 1.70. The Morgan fingerprint density at radius 2 is 2.11 bits per heavy atom. The van der Waals surface area contributed by atoms with E-state index in [-0.39, 0.29) is 5.41 Å². The predicted octanol–water partition coefficient (Wildman–Crippen LogP) is 3.12. The highest BCUT2D eigenvalue weighted by atomic mass is 16.5. The molecular formula is C16H25NO2. The van der Waals surface area contributed by atoms with Crippen LogP contribution in [-0.4, -0.2) is 26.3 Å². The van der Waals surface area contributed by atoms with Crippen molar-refractivity contribution in [1.82, 2.24) is 5.32 Å². The number of ether oxygens (including phenoxy) is 2. The summed E-state index contributed by atoms with van der Waals surface area (Å²) in [6.45, 7) is 8.45. The van der Waals surface area contributed by atoms with E-state index in [2.05, 4.69) is 32.2 Å². The molecule has 1 aliphatic heterocycles. The first-order valence-electron chi connectivity index (χ1n) is 7.05. The standard InChI is InChI=1S/C16H25NO2/c1-16(2,3)14-10-13(18-4)7-8-15(14)19-11-12-6-5-9-17-12/h7-8,10,12,17H,5-6,9,11H2,1-4H3/t12-/m0/s1. The van der Waals surface area contributed by atoms with Gasteiger partial charge < -0.3 is 14.8 Å². The monoisotopic (exact) mass is 263 g/mol. The summed E-state index contributed by atoms with van der Waals surface area (Å²) in [4.78, 5) is 0. The number of hydrogen-bond donors (Lipinski definition) is 1. The lowest BCUT2D eigenvalue weighted by Gasteiger charge is -2.24. The Balaban J connectivity index is 2.13. The van der Waals surface area contributed by atoms with Crippen molar-refractivity contribution in [1.29, 1.82) is 0 Å². The Morgan fingerprint density at radius 3 is 2.68 bits per heavy atom. The fraction of sp³-hybridized carbons (Fsp3) is 0.625. The molecule has 0 aromatic heterocycles. The molecule has 0 spiro atoms. The second-order valence-electron chi connectivity index (χ2n) is 6.22. The van der Waals surface area contributed by atoms with Crippen LogP contribution in [0.4, 0.5) is 0 Å². The molecule has 3 heteroatoms. The van der Waals surface area contributed by atoms with Crippen LogP contribution in [0, 0.1) is 0 Å². The van der Waals surface area contributed by atoms with E-state index in [1.54, 1.807) is 7.11 Å². The van der Waals surface area contributed by atoms with Crippen molar-refractivity contribution in [2.75, 3.05) is 20.3 Å². The molecule has 0 amide bonds. The van der Waals surface area contributed by atoms with E-state index in [0.717, 1.165) is 24.7 Å².